The SMILES string of the molecule is CC(C)O/N=C(\CNS(=O)(=O)c1ncn(S(=O)(=O)N(C)C)n1)c1cccc(OC(F)(F)F)c1. The van der Waals surface area contributed by atoms with Crippen LogP contribution in [-0.2, 0) is 25.1 Å². The van der Waals surface area contributed by atoms with Crippen molar-refractivity contribution in [2.24, 2.45) is 5.16 Å². The fourth-order valence-electron chi connectivity index (χ4n) is 2.09. The molecule has 0 saturated heterocycles. The van der Waals surface area contributed by atoms with Crippen LogP contribution in [0.1, 0.15) is 19.4 Å². The molecule has 0 radical (unpaired) electrons. The number of oxime groups is 1. The van der Waals surface area contributed by atoms with E-state index in [1.165, 1.54) is 26.2 Å². The Morgan fingerprint density at radius 2 is 1.91 bits per heavy atom. The Kier molecular flexibility index (Phi) is 8.04. The molecule has 1 aromatic heterocycles. The van der Waals surface area contributed by atoms with Gasteiger partial charge >= 0.3 is 16.6 Å². The average molecular weight is 515 g/mol. The lowest BCUT2D eigenvalue weighted by Gasteiger charge is -2.12. The number of nitrogens with one attached hydrogen (secondary N) is 1. The molecule has 0 amide bonds. The third-order valence-electron chi connectivity index (χ3n) is 3.59. The van der Waals surface area contributed by atoms with Gasteiger partial charge in [0.25, 0.3) is 15.2 Å². The molecule has 12 nitrogen and oxygen atoms in total. The first kappa shape index (κ1) is 26.5. The van der Waals surface area contributed by atoms with Crippen LogP contribution < -0.4 is 9.46 Å². The fourth-order valence-corrected chi connectivity index (χ4v) is 3.66. The number of halogens is 3. The van der Waals surface area contributed by atoms with Crippen LogP contribution in [0.2, 0.25) is 0 Å². The molecule has 0 aliphatic carbocycles. The highest BCUT2D eigenvalue weighted by Crippen LogP contribution is 2.23. The van der Waals surface area contributed by atoms with Crippen LogP contribution in [0, 0.1) is 0 Å². The van der Waals surface area contributed by atoms with E-state index in [1.54, 1.807) is 13.8 Å². The molecule has 0 fully saturated rings. The Bertz CT molecular complexity index is 1210. The second kappa shape index (κ2) is 10.0. The van der Waals surface area contributed by atoms with Crippen LogP contribution >= 0.6 is 0 Å². The van der Waals surface area contributed by atoms with Crippen molar-refractivity contribution in [3.63, 3.8) is 0 Å². The monoisotopic (exact) mass is 514 g/mol. The quantitative estimate of drug-likeness (QED) is 0.364. The van der Waals surface area contributed by atoms with Gasteiger partial charge in [0.2, 0.25) is 0 Å². The van der Waals surface area contributed by atoms with Gasteiger partial charge in [0, 0.05) is 19.7 Å². The van der Waals surface area contributed by atoms with E-state index in [-0.39, 0.29) is 11.3 Å². The van der Waals surface area contributed by atoms with Gasteiger partial charge in [-0.15, -0.1) is 22.4 Å². The molecular weight excluding hydrogens is 493 g/mol. The number of aromatic nitrogens is 3. The van der Waals surface area contributed by atoms with Gasteiger partial charge in [0.05, 0.1) is 6.54 Å². The summed E-state index contributed by atoms with van der Waals surface area (Å²) in [6.45, 7) is 2.73. The first-order valence-electron chi connectivity index (χ1n) is 9.05. The summed E-state index contributed by atoms with van der Waals surface area (Å²) in [5.41, 5.74) is -0.00554. The van der Waals surface area contributed by atoms with Crippen LogP contribution in [0.3, 0.4) is 0 Å². The second-order valence-corrected chi connectivity index (χ2v) is 10.4. The zero-order valence-electron chi connectivity index (χ0n) is 17.8. The molecule has 33 heavy (non-hydrogen) atoms. The predicted molar refractivity (Wildman–Crippen MR) is 109 cm³/mol. The lowest BCUT2D eigenvalue weighted by Crippen LogP contribution is -2.32. The summed E-state index contributed by atoms with van der Waals surface area (Å²) in [6.07, 6.45) is -4.64. The zero-order valence-corrected chi connectivity index (χ0v) is 19.4. The molecular formula is C16H21F3N6O6S2. The number of hydrogen-bond donors (Lipinski definition) is 1. The summed E-state index contributed by atoms with van der Waals surface area (Å²) < 4.78 is 93.9. The number of ether oxygens (including phenoxy) is 1. The highest BCUT2D eigenvalue weighted by molar-refractivity contribution is 7.89. The van der Waals surface area contributed by atoms with Crippen LogP contribution in [-0.4, -0.2) is 74.1 Å². The van der Waals surface area contributed by atoms with Crippen molar-refractivity contribution >= 4 is 25.9 Å². The molecule has 0 atom stereocenters. The molecule has 184 valence electrons. The molecule has 0 bridgehead atoms. The third kappa shape index (κ3) is 7.37. The van der Waals surface area contributed by atoms with E-state index < -0.39 is 50.1 Å². The van der Waals surface area contributed by atoms with Crippen LogP contribution in [0.25, 0.3) is 0 Å². The first-order valence-corrected chi connectivity index (χ1v) is 11.9. The summed E-state index contributed by atoms with van der Waals surface area (Å²) >= 11 is 0. The molecule has 0 spiro atoms. The molecule has 0 saturated carbocycles. The zero-order chi connectivity index (χ0) is 25.0. The van der Waals surface area contributed by atoms with Crippen molar-refractivity contribution < 1.29 is 39.6 Å². The van der Waals surface area contributed by atoms with Crippen LogP contribution in [0.4, 0.5) is 13.2 Å². The summed E-state index contributed by atoms with van der Waals surface area (Å²) in [5.74, 6) is -0.547. The largest absolute Gasteiger partial charge is 0.573 e. The Hall–Kier alpha value is -2.76. The van der Waals surface area contributed by atoms with Crippen molar-refractivity contribution in [3.05, 3.63) is 36.2 Å². The second-order valence-electron chi connectivity index (χ2n) is 6.78. The summed E-state index contributed by atoms with van der Waals surface area (Å²) in [6, 6.07) is 4.69. The maximum Gasteiger partial charge on any atom is 0.573 e. The lowest BCUT2D eigenvalue weighted by molar-refractivity contribution is -0.274. The number of nitrogens with zero attached hydrogens (tertiary/aromatic N) is 5. The normalized spacial score (nSPS) is 13.5. The van der Waals surface area contributed by atoms with E-state index in [0.29, 0.717) is 10.4 Å². The van der Waals surface area contributed by atoms with Crippen molar-refractivity contribution in [2.45, 2.75) is 31.5 Å². The minimum absolute atomic E-state index is 0.0776. The van der Waals surface area contributed by atoms with Gasteiger partial charge < -0.3 is 9.57 Å². The molecule has 2 rings (SSSR count). The van der Waals surface area contributed by atoms with E-state index in [9.17, 15) is 30.0 Å². The van der Waals surface area contributed by atoms with Crippen molar-refractivity contribution in [1.82, 2.24) is 23.2 Å². The molecule has 1 heterocycles. The van der Waals surface area contributed by atoms with Gasteiger partial charge in [-0.3, -0.25) is 0 Å². The molecule has 1 aromatic carbocycles. The summed E-state index contributed by atoms with van der Waals surface area (Å²) in [7, 11) is -6.08. The van der Waals surface area contributed by atoms with Gasteiger partial charge in [-0.2, -0.15) is 12.7 Å². The topological polar surface area (TPSA) is 145 Å². The van der Waals surface area contributed by atoms with Crippen molar-refractivity contribution in [2.75, 3.05) is 20.6 Å². The minimum Gasteiger partial charge on any atom is -0.406 e. The lowest BCUT2D eigenvalue weighted by atomic mass is 10.1. The van der Waals surface area contributed by atoms with Gasteiger partial charge in [-0.25, -0.2) is 18.1 Å². The third-order valence-corrected chi connectivity index (χ3v) is 6.36. The molecule has 2 aromatic rings. The number of benzene rings is 1. The van der Waals surface area contributed by atoms with E-state index in [1.807, 2.05) is 0 Å². The predicted octanol–water partition coefficient (Wildman–Crippen LogP) is 0.939. The summed E-state index contributed by atoms with van der Waals surface area (Å²) in [4.78, 5) is 8.61. The van der Waals surface area contributed by atoms with Gasteiger partial charge in [0.1, 0.15) is 23.9 Å². The molecule has 17 heteroatoms. The number of hydrogen-bond acceptors (Lipinski definition) is 9. The van der Waals surface area contributed by atoms with Gasteiger partial charge in [-0.1, -0.05) is 17.3 Å². The highest BCUT2D eigenvalue weighted by atomic mass is 32.2. The first-order chi connectivity index (χ1) is 15.1. The van der Waals surface area contributed by atoms with Crippen LogP contribution in [0.15, 0.2) is 40.9 Å². The Labute approximate surface area is 188 Å². The number of alkyl halides is 3. The van der Waals surface area contributed by atoms with E-state index in [4.69, 9.17) is 4.84 Å². The minimum atomic E-state index is -4.93. The maximum absolute atomic E-state index is 12.5. The van der Waals surface area contributed by atoms with E-state index in [0.717, 1.165) is 16.4 Å². The highest BCUT2D eigenvalue weighted by Gasteiger charge is 2.31. The van der Waals surface area contributed by atoms with E-state index >= 15 is 0 Å². The standard InChI is InChI=1S/C16H21F3N6O6S2/c1-11(2)31-23-14(12-6-5-7-13(8-12)30-16(17,18)19)9-21-32(26,27)15-20-10-25(22-15)33(28,29)24(3)4/h5-8,10-11,21H,9H2,1-4H3/b23-14+. The number of sulfonamides is 1. The smallest absolute Gasteiger partial charge is 0.406 e. The van der Waals surface area contributed by atoms with Crippen molar-refractivity contribution in [3.8, 4) is 5.75 Å². The van der Waals surface area contributed by atoms with Crippen molar-refractivity contribution in [1.29, 1.82) is 0 Å². The van der Waals surface area contributed by atoms with Crippen LogP contribution in [0.5, 0.6) is 5.75 Å². The molecule has 0 aliphatic rings. The Balaban J connectivity index is 2.30. The van der Waals surface area contributed by atoms with Gasteiger partial charge in [-0.05, 0) is 26.0 Å². The Morgan fingerprint density at radius 3 is 2.48 bits per heavy atom. The summed E-state index contributed by atoms with van der Waals surface area (Å²) in [5, 5.41) is 6.42. The molecule has 0 unspecified atom stereocenters. The average Bonchev–Trinajstić information content (AvgIpc) is 3.18. The van der Waals surface area contributed by atoms with E-state index in [2.05, 4.69) is 24.7 Å². The maximum atomic E-state index is 12.5. The fraction of sp³-hybridized carbons (Fsp3) is 0.438. The molecule has 1 N–H and O–H groups in total. The number of rotatable bonds is 10. The molecule has 0 aliphatic heterocycles. The van der Waals surface area contributed by atoms with Gasteiger partial charge in [0.15, 0.2) is 0 Å². The Morgan fingerprint density at radius 1 is 1.24 bits per heavy atom.